The third kappa shape index (κ3) is 4.41. The van der Waals surface area contributed by atoms with Gasteiger partial charge in [0.05, 0.1) is 11.4 Å². The summed E-state index contributed by atoms with van der Waals surface area (Å²) >= 11 is 0. The van der Waals surface area contributed by atoms with Crippen molar-refractivity contribution in [2.45, 2.75) is 50.6 Å². The van der Waals surface area contributed by atoms with Crippen molar-refractivity contribution in [2.24, 2.45) is 11.5 Å². The third-order valence-corrected chi connectivity index (χ3v) is 7.14. The second-order valence-corrected chi connectivity index (χ2v) is 10.8. The van der Waals surface area contributed by atoms with E-state index in [2.05, 4.69) is 41.4 Å². The van der Waals surface area contributed by atoms with Gasteiger partial charge in [0.25, 0.3) is 5.78 Å². The second-order valence-electron chi connectivity index (χ2n) is 10.8. The Labute approximate surface area is 216 Å². The zero-order valence-electron chi connectivity index (χ0n) is 21.2. The van der Waals surface area contributed by atoms with Gasteiger partial charge in [-0.1, -0.05) is 60.7 Å². The Bertz CT molecular complexity index is 1550. The molecule has 6 rings (SSSR count). The molecule has 0 unspecified atom stereocenters. The maximum absolute atomic E-state index is 6.60. The molecule has 3 heterocycles. The minimum Gasteiger partial charge on any atom is -0.325 e. The lowest BCUT2D eigenvalue weighted by Gasteiger charge is -2.38. The number of nitrogens with zero attached hydrogens (tertiary/aromatic N) is 5. The Morgan fingerprint density at radius 3 is 2.24 bits per heavy atom. The lowest BCUT2D eigenvalue weighted by atomic mass is 9.72. The van der Waals surface area contributed by atoms with E-state index in [0.29, 0.717) is 23.7 Å². The minimum atomic E-state index is -0.480. The van der Waals surface area contributed by atoms with Crippen molar-refractivity contribution in [2.75, 3.05) is 0 Å². The van der Waals surface area contributed by atoms with Gasteiger partial charge in [0.1, 0.15) is 5.69 Å². The van der Waals surface area contributed by atoms with Crippen molar-refractivity contribution >= 4 is 5.78 Å². The summed E-state index contributed by atoms with van der Waals surface area (Å²) in [6, 6.07) is 24.6. The van der Waals surface area contributed by atoms with Crippen LogP contribution >= 0.6 is 0 Å². The first-order chi connectivity index (χ1) is 17.8. The van der Waals surface area contributed by atoms with Crippen molar-refractivity contribution in [3.05, 3.63) is 90.3 Å². The highest BCUT2D eigenvalue weighted by atomic mass is 15.3. The van der Waals surface area contributed by atoms with Crippen LogP contribution in [0.1, 0.15) is 44.4 Å². The highest BCUT2D eigenvalue weighted by Gasteiger charge is 2.34. The normalized spacial score (nSPS) is 15.0. The SMILES string of the molecule is CC(C)(N)Cc1c(-c2ccccc2)c(-c2ccc(C3(N)CCC3)cc2)nc2nc(-c3ccccn3)nn12. The van der Waals surface area contributed by atoms with Gasteiger partial charge in [0, 0.05) is 34.8 Å². The van der Waals surface area contributed by atoms with Crippen molar-refractivity contribution < 1.29 is 0 Å². The van der Waals surface area contributed by atoms with Gasteiger partial charge < -0.3 is 11.5 Å². The van der Waals surface area contributed by atoms with Crippen LogP contribution in [0.3, 0.4) is 0 Å². The van der Waals surface area contributed by atoms with Crippen LogP contribution in [0.15, 0.2) is 79.0 Å². The molecule has 0 amide bonds. The molecular formula is C30H31N7. The lowest BCUT2D eigenvalue weighted by molar-refractivity contribution is 0.253. The van der Waals surface area contributed by atoms with Gasteiger partial charge in [-0.05, 0) is 56.4 Å². The van der Waals surface area contributed by atoms with E-state index in [1.54, 1.807) is 6.20 Å². The molecule has 0 spiro atoms. The molecule has 7 nitrogen and oxygen atoms in total. The van der Waals surface area contributed by atoms with Crippen LogP contribution in [0.25, 0.3) is 39.7 Å². The molecule has 0 aliphatic heterocycles. The molecule has 7 heteroatoms. The molecule has 2 aromatic carbocycles. The minimum absolute atomic E-state index is 0.211. The third-order valence-electron chi connectivity index (χ3n) is 7.14. The lowest BCUT2D eigenvalue weighted by Crippen LogP contribution is -2.43. The summed E-state index contributed by atoms with van der Waals surface area (Å²) < 4.78 is 1.84. The van der Waals surface area contributed by atoms with E-state index in [9.17, 15) is 0 Å². The van der Waals surface area contributed by atoms with E-state index in [4.69, 9.17) is 26.5 Å². The topological polar surface area (TPSA) is 108 Å². The summed E-state index contributed by atoms with van der Waals surface area (Å²) in [5, 5.41) is 4.86. The van der Waals surface area contributed by atoms with Gasteiger partial charge in [0.15, 0.2) is 0 Å². The van der Waals surface area contributed by atoms with Crippen LogP contribution in [0.4, 0.5) is 0 Å². The first-order valence-corrected chi connectivity index (χ1v) is 12.8. The van der Waals surface area contributed by atoms with Crippen LogP contribution in [0.5, 0.6) is 0 Å². The molecule has 1 saturated carbocycles. The average molecular weight is 490 g/mol. The molecular weight excluding hydrogens is 458 g/mol. The largest absolute Gasteiger partial charge is 0.325 e. The van der Waals surface area contributed by atoms with Gasteiger partial charge in [-0.2, -0.15) is 9.50 Å². The molecule has 0 saturated heterocycles. The molecule has 0 bridgehead atoms. The van der Waals surface area contributed by atoms with Crippen LogP contribution in [0.2, 0.25) is 0 Å². The smallest absolute Gasteiger partial charge is 0.253 e. The van der Waals surface area contributed by atoms with Crippen LogP contribution < -0.4 is 11.5 Å². The number of rotatable bonds is 6. The summed E-state index contributed by atoms with van der Waals surface area (Å²) in [5.41, 5.74) is 19.3. The number of aromatic nitrogens is 5. The number of hydrogen-bond donors (Lipinski definition) is 2. The molecule has 4 N–H and O–H groups in total. The van der Waals surface area contributed by atoms with Crippen molar-refractivity contribution in [3.8, 4) is 33.9 Å². The maximum Gasteiger partial charge on any atom is 0.253 e. The highest BCUT2D eigenvalue weighted by Crippen LogP contribution is 2.40. The fraction of sp³-hybridized carbons (Fsp3) is 0.267. The monoisotopic (exact) mass is 489 g/mol. The number of fused-ring (bicyclic) bond motifs is 1. The zero-order valence-corrected chi connectivity index (χ0v) is 21.2. The predicted octanol–water partition coefficient (Wildman–Crippen LogP) is 5.14. The molecule has 0 radical (unpaired) electrons. The molecule has 0 atom stereocenters. The Balaban J connectivity index is 1.61. The van der Waals surface area contributed by atoms with E-state index in [1.165, 1.54) is 12.0 Å². The van der Waals surface area contributed by atoms with E-state index in [1.807, 2.05) is 54.8 Å². The highest BCUT2D eigenvalue weighted by molar-refractivity contribution is 5.84. The van der Waals surface area contributed by atoms with E-state index < -0.39 is 5.54 Å². The van der Waals surface area contributed by atoms with Gasteiger partial charge >= 0.3 is 0 Å². The Morgan fingerprint density at radius 2 is 1.62 bits per heavy atom. The quantitative estimate of drug-likeness (QED) is 0.342. The van der Waals surface area contributed by atoms with Gasteiger partial charge in [0.2, 0.25) is 5.82 Å². The summed E-state index contributed by atoms with van der Waals surface area (Å²) in [6.07, 6.45) is 5.55. The van der Waals surface area contributed by atoms with Crippen molar-refractivity contribution in [1.29, 1.82) is 0 Å². The Kier molecular flexibility index (Phi) is 5.62. The van der Waals surface area contributed by atoms with Gasteiger partial charge in [-0.3, -0.25) is 4.98 Å². The molecule has 1 aliphatic carbocycles. The van der Waals surface area contributed by atoms with Gasteiger partial charge in [-0.15, -0.1) is 5.10 Å². The maximum atomic E-state index is 6.60. The van der Waals surface area contributed by atoms with Crippen LogP contribution in [-0.4, -0.2) is 30.1 Å². The van der Waals surface area contributed by atoms with E-state index >= 15 is 0 Å². The molecule has 37 heavy (non-hydrogen) atoms. The predicted molar refractivity (Wildman–Crippen MR) is 147 cm³/mol. The molecule has 1 fully saturated rings. The number of pyridine rings is 1. The Morgan fingerprint density at radius 1 is 0.892 bits per heavy atom. The number of hydrogen-bond acceptors (Lipinski definition) is 6. The van der Waals surface area contributed by atoms with E-state index in [-0.39, 0.29) is 5.54 Å². The molecule has 3 aromatic heterocycles. The van der Waals surface area contributed by atoms with Crippen LogP contribution in [-0.2, 0) is 12.0 Å². The van der Waals surface area contributed by atoms with E-state index in [0.717, 1.165) is 40.9 Å². The summed E-state index contributed by atoms with van der Waals surface area (Å²) in [4.78, 5) is 14.3. The molecule has 1 aliphatic rings. The summed E-state index contributed by atoms with van der Waals surface area (Å²) in [5.74, 6) is 1.05. The first kappa shape index (κ1) is 23.5. The fourth-order valence-corrected chi connectivity index (χ4v) is 5.08. The fourth-order valence-electron chi connectivity index (χ4n) is 5.08. The summed E-state index contributed by atoms with van der Waals surface area (Å²) in [6.45, 7) is 4.05. The van der Waals surface area contributed by atoms with Crippen molar-refractivity contribution in [1.82, 2.24) is 24.6 Å². The first-order valence-electron chi connectivity index (χ1n) is 12.8. The summed E-state index contributed by atoms with van der Waals surface area (Å²) in [7, 11) is 0. The Hall–Kier alpha value is -3.94. The number of nitrogens with two attached hydrogens (primary N) is 2. The molecule has 186 valence electrons. The van der Waals surface area contributed by atoms with Crippen molar-refractivity contribution in [3.63, 3.8) is 0 Å². The standard InChI is InChI=1S/C30H31N7/c1-29(2,31)19-24-25(20-9-4-3-5-10-20)26(21-12-14-22(15-13-21)30(32)16-8-17-30)34-28-35-27(36-37(24)28)23-11-6-7-18-33-23/h3-7,9-15,18H,8,16-17,19,31-32H2,1-2H3. The van der Waals surface area contributed by atoms with Crippen LogP contribution in [0, 0.1) is 0 Å². The molecule has 5 aromatic rings. The average Bonchev–Trinajstić information content (AvgIpc) is 3.32. The second kappa shape index (κ2) is 8.87. The number of benzene rings is 2. The van der Waals surface area contributed by atoms with Gasteiger partial charge in [-0.25, -0.2) is 4.98 Å². The zero-order chi connectivity index (χ0) is 25.6.